The van der Waals surface area contributed by atoms with Gasteiger partial charge in [0.1, 0.15) is 10.8 Å². The summed E-state index contributed by atoms with van der Waals surface area (Å²) < 4.78 is 13.6. The van der Waals surface area contributed by atoms with Gasteiger partial charge >= 0.3 is 0 Å². The molecule has 2 aromatic rings. The molecule has 4 nitrogen and oxygen atoms in total. The van der Waals surface area contributed by atoms with E-state index in [1.807, 2.05) is 0 Å². The van der Waals surface area contributed by atoms with Crippen LogP contribution in [-0.4, -0.2) is 11.8 Å². The summed E-state index contributed by atoms with van der Waals surface area (Å²) in [4.78, 5) is 23.1. The third-order valence-electron chi connectivity index (χ3n) is 2.35. The molecule has 0 aliphatic heterocycles. The van der Waals surface area contributed by atoms with E-state index in [0.29, 0.717) is 0 Å². The summed E-state index contributed by atoms with van der Waals surface area (Å²) in [7, 11) is 0. The minimum Gasteiger partial charge on any atom is -0.366 e. The number of carbonyl (C=O) groups excluding carboxylic acids is 2. The van der Waals surface area contributed by atoms with Gasteiger partial charge in [0.25, 0.3) is 11.8 Å². The van der Waals surface area contributed by atoms with Crippen molar-refractivity contribution in [2.45, 2.75) is 0 Å². The molecule has 0 spiro atoms. The van der Waals surface area contributed by atoms with E-state index >= 15 is 0 Å². The maximum atomic E-state index is 13.6. The first kappa shape index (κ1) is 13.5. The van der Waals surface area contributed by atoms with Crippen LogP contribution in [0.4, 0.5) is 9.39 Å². The molecule has 7 heteroatoms. The smallest absolute Gasteiger partial charge is 0.260 e. The molecule has 0 fully saturated rings. The van der Waals surface area contributed by atoms with E-state index in [9.17, 15) is 14.0 Å². The summed E-state index contributed by atoms with van der Waals surface area (Å²) >= 11 is 6.89. The minimum absolute atomic E-state index is 0.00492. The first-order valence-corrected chi connectivity index (χ1v) is 6.39. The van der Waals surface area contributed by atoms with Crippen molar-refractivity contribution in [3.63, 3.8) is 0 Å². The Morgan fingerprint density at radius 2 is 2.05 bits per heavy atom. The van der Waals surface area contributed by atoms with Gasteiger partial charge in [-0.05, 0) is 23.6 Å². The summed E-state index contributed by atoms with van der Waals surface area (Å²) in [6.45, 7) is 0. The molecule has 2 amide bonds. The van der Waals surface area contributed by atoms with Gasteiger partial charge in [-0.25, -0.2) is 4.39 Å². The second-order valence-corrected chi connectivity index (χ2v) is 4.90. The lowest BCUT2D eigenvalue weighted by molar-refractivity contribution is 0.100. The van der Waals surface area contributed by atoms with E-state index in [1.165, 1.54) is 18.2 Å². The van der Waals surface area contributed by atoms with E-state index in [1.54, 1.807) is 5.38 Å². The fourth-order valence-electron chi connectivity index (χ4n) is 1.48. The molecular formula is C12H8ClFN2O2S. The van der Waals surface area contributed by atoms with Crippen molar-refractivity contribution in [3.8, 4) is 0 Å². The third kappa shape index (κ3) is 2.74. The molecule has 1 heterocycles. The summed E-state index contributed by atoms with van der Waals surface area (Å²) in [5.74, 6) is -2.13. The van der Waals surface area contributed by atoms with Gasteiger partial charge < -0.3 is 11.1 Å². The number of amides is 2. The first-order valence-electron chi connectivity index (χ1n) is 5.13. The number of nitrogens with one attached hydrogen (secondary N) is 1. The van der Waals surface area contributed by atoms with E-state index in [4.69, 9.17) is 17.3 Å². The number of hydrogen-bond donors (Lipinski definition) is 2. The molecule has 0 aliphatic carbocycles. The van der Waals surface area contributed by atoms with Crippen LogP contribution < -0.4 is 11.1 Å². The van der Waals surface area contributed by atoms with Crippen LogP contribution in [0.1, 0.15) is 20.7 Å². The highest BCUT2D eigenvalue weighted by Gasteiger charge is 2.18. The van der Waals surface area contributed by atoms with Crippen molar-refractivity contribution >= 4 is 39.8 Å². The fourth-order valence-corrected chi connectivity index (χ4v) is 2.52. The number of halogens is 2. The molecule has 0 saturated carbocycles. The molecule has 0 unspecified atom stereocenters. The standard InChI is InChI=1S/C12H8ClFN2O2S/c13-7-2-1-3-8(14)9(7)11(18)16-12-6(10(15)17)4-5-19-12/h1-5H,(H2,15,17)(H,16,18). The Kier molecular flexibility index (Phi) is 3.82. The van der Waals surface area contributed by atoms with Crippen molar-refractivity contribution in [1.82, 2.24) is 0 Å². The quantitative estimate of drug-likeness (QED) is 0.914. The molecule has 2 rings (SSSR count). The highest BCUT2D eigenvalue weighted by Crippen LogP contribution is 2.25. The fraction of sp³-hybridized carbons (Fsp3) is 0. The number of thiophene rings is 1. The monoisotopic (exact) mass is 298 g/mol. The summed E-state index contributed by atoms with van der Waals surface area (Å²) in [5, 5.41) is 4.28. The minimum atomic E-state index is -0.734. The van der Waals surface area contributed by atoms with Gasteiger partial charge in [-0.3, -0.25) is 9.59 Å². The number of hydrogen-bond acceptors (Lipinski definition) is 3. The van der Waals surface area contributed by atoms with Crippen LogP contribution in [0, 0.1) is 5.82 Å². The van der Waals surface area contributed by atoms with Gasteiger partial charge in [-0.15, -0.1) is 11.3 Å². The van der Waals surface area contributed by atoms with Gasteiger partial charge in [0.15, 0.2) is 0 Å². The topological polar surface area (TPSA) is 72.2 Å². The van der Waals surface area contributed by atoms with E-state index in [0.717, 1.165) is 17.4 Å². The average Bonchev–Trinajstić information content (AvgIpc) is 2.76. The average molecular weight is 299 g/mol. The zero-order valence-corrected chi connectivity index (χ0v) is 11.0. The third-order valence-corrected chi connectivity index (χ3v) is 3.49. The summed E-state index contributed by atoms with van der Waals surface area (Å²) in [5.41, 5.74) is 5.05. The van der Waals surface area contributed by atoms with Crippen LogP contribution in [0.5, 0.6) is 0 Å². The van der Waals surface area contributed by atoms with Crippen LogP contribution in [0.3, 0.4) is 0 Å². The lowest BCUT2D eigenvalue weighted by atomic mass is 10.2. The highest BCUT2D eigenvalue weighted by molar-refractivity contribution is 7.14. The Morgan fingerprint density at radius 3 is 2.68 bits per heavy atom. The maximum Gasteiger partial charge on any atom is 0.260 e. The largest absolute Gasteiger partial charge is 0.366 e. The molecule has 1 aromatic carbocycles. The Morgan fingerprint density at radius 1 is 1.32 bits per heavy atom. The second-order valence-electron chi connectivity index (χ2n) is 3.58. The molecule has 19 heavy (non-hydrogen) atoms. The SMILES string of the molecule is NC(=O)c1ccsc1NC(=O)c1c(F)cccc1Cl. The lowest BCUT2D eigenvalue weighted by Gasteiger charge is -2.07. The van der Waals surface area contributed by atoms with Gasteiger partial charge in [-0.2, -0.15) is 0 Å². The van der Waals surface area contributed by atoms with Crippen molar-refractivity contribution in [2.75, 3.05) is 5.32 Å². The molecule has 0 aliphatic rings. The van der Waals surface area contributed by atoms with Crippen LogP contribution in [0.2, 0.25) is 5.02 Å². The van der Waals surface area contributed by atoms with Crippen molar-refractivity contribution in [3.05, 3.63) is 51.6 Å². The van der Waals surface area contributed by atoms with Crippen LogP contribution >= 0.6 is 22.9 Å². The molecule has 0 radical (unpaired) electrons. The number of nitrogens with two attached hydrogens (primary N) is 1. The Balaban J connectivity index is 2.31. The first-order chi connectivity index (χ1) is 9.00. The van der Waals surface area contributed by atoms with Crippen LogP contribution in [0.25, 0.3) is 0 Å². The van der Waals surface area contributed by atoms with E-state index in [2.05, 4.69) is 5.32 Å². The molecule has 0 saturated heterocycles. The van der Waals surface area contributed by atoms with Crippen molar-refractivity contribution in [2.24, 2.45) is 5.73 Å². The number of carbonyl (C=O) groups is 2. The Bertz CT molecular complexity index is 637. The molecule has 98 valence electrons. The predicted molar refractivity (Wildman–Crippen MR) is 72.2 cm³/mol. The number of rotatable bonds is 3. The zero-order valence-electron chi connectivity index (χ0n) is 9.44. The molecule has 0 atom stereocenters. The lowest BCUT2D eigenvalue weighted by Crippen LogP contribution is -2.17. The van der Waals surface area contributed by atoms with Gasteiger partial charge in [0.05, 0.1) is 16.1 Å². The number of primary amides is 1. The molecular weight excluding hydrogens is 291 g/mol. The molecule has 1 aromatic heterocycles. The van der Waals surface area contributed by atoms with Crippen molar-refractivity contribution < 1.29 is 14.0 Å². The summed E-state index contributed by atoms with van der Waals surface area (Å²) in [6, 6.07) is 5.41. The van der Waals surface area contributed by atoms with Gasteiger partial charge in [-0.1, -0.05) is 17.7 Å². The van der Waals surface area contributed by atoms with Gasteiger partial charge in [0.2, 0.25) is 0 Å². The number of anilines is 1. The Hall–Kier alpha value is -1.92. The summed E-state index contributed by atoms with van der Waals surface area (Å²) in [6.07, 6.45) is 0. The predicted octanol–water partition coefficient (Wildman–Crippen LogP) is 2.89. The van der Waals surface area contributed by atoms with Gasteiger partial charge in [0, 0.05) is 0 Å². The molecule has 3 N–H and O–H groups in total. The second kappa shape index (κ2) is 5.38. The molecule has 0 bridgehead atoms. The normalized spacial score (nSPS) is 10.2. The highest BCUT2D eigenvalue weighted by atomic mass is 35.5. The van der Waals surface area contributed by atoms with E-state index in [-0.39, 0.29) is 21.2 Å². The van der Waals surface area contributed by atoms with Crippen LogP contribution in [0.15, 0.2) is 29.6 Å². The van der Waals surface area contributed by atoms with Crippen LogP contribution in [-0.2, 0) is 0 Å². The zero-order chi connectivity index (χ0) is 14.0. The number of benzene rings is 1. The Labute approximate surface area is 117 Å². The van der Waals surface area contributed by atoms with E-state index < -0.39 is 17.6 Å². The maximum absolute atomic E-state index is 13.6. The van der Waals surface area contributed by atoms with Crippen molar-refractivity contribution in [1.29, 1.82) is 0 Å².